The molecule has 0 spiro atoms. The van der Waals surface area contributed by atoms with Crippen molar-refractivity contribution in [1.82, 2.24) is 4.98 Å². The van der Waals surface area contributed by atoms with E-state index in [4.69, 9.17) is 4.98 Å². The number of aromatic nitrogens is 1. The lowest BCUT2D eigenvalue weighted by Gasteiger charge is -2.33. The zero-order valence-corrected chi connectivity index (χ0v) is 11.9. The third kappa shape index (κ3) is 1.59. The van der Waals surface area contributed by atoms with Crippen molar-refractivity contribution in [3.05, 3.63) is 65.7 Å². The molecule has 1 nitrogen and oxygen atoms in total. The molecule has 2 aromatic carbocycles. The van der Waals surface area contributed by atoms with Gasteiger partial charge in [0, 0.05) is 10.9 Å². The standard InChI is InChI=1S/C19H17N/c1-19(2)12-14-11-13-7-3-6-10-17(13)20-18(14)15-8-4-5-9-16(15)19/h3-11H,12H2,1-2H3. The number of rotatable bonds is 0. The average Bonchev–Trinajstić information content (AvgIpc) is 2.45. The molecule has 0 N–H and O–H groups in total. The Labute approximate surface area is 119 Å². The molecule has 0 radical (unpaired) electrons. The van der Waals surface area contributed by atoms with Crippen molar-refractivity contribution in [2.24, 2.45) is 0 Å². The first kappa shape index (κ1) is 11.7. The highest BCUT2D eigenvalue weighted by Gasteiger charge is 2.31. The molecule has 1 aliphatic carbocycles. The molecule has 98 valence electrons. The van der Waals surface area contributed by atoms with Gasteiger partial charge in [-0.05, 0) is 35.1 Å². The third-order valence-electron chi connectivity index (χ3n) is 4.35. The average molecular weight is 259 g/mol. The van der Waals surface area contributed by atoms with Crippen LogP contribution >= 0.6 is 0 Å². The third-order valence-corrected chi connectivity index (χ3v) is 4.35. The second-order valence-electron chi connectivity index (χ2n) is 6.30. The van der Waals surface area contributed by atoms with Gasteiger partial charge in [0.25, 0.3) is 0 Å². The van der Waals surface area contributed by atoms with Gasteiger partial charge in [-0.25, -0.2) is 4.98 Å². The first-order chi connectivity index (χ1) is 9.65. The Kier molecular flexibility index (Phi) is 2.29. The van der Waals surface area contributed by atoms with Gasteiger partial charge < -0.3 is 0 Å². The molecule has 1 aliphatic rings. The zero-order chi connectivity index (χ0) is 13.7. The SMILES string of the molecule is CC1(C)Cc2cc3ccccc3nc2-c2ccccc21. The second-order valence-corrected chi connectivity index (χ2v) is 6.30. The summed E-state index contributed by atoms with van der Waals surface area (Å²) in [5.41, 5.74) is 6.50. The lowest BCUT2D eigenvalue weighted by atomic mass is 9.71. The summed E-state index contributed by atoms with van der Waals surface area (Å²) in [5, 5.41) is 1.24. The van der Waals surface area contributed by atoms with Gasteiger partial charge in [0.1, 0.15) is 0 Å². The van der Waals surface area contributed by atoms with Crippen LogP contribution in [-0.2, 0) is 11.8 Å². The van der Waals surface area contributed by atoms with Crippen LogP contribution in [0, 0.1) is 0 Å². The second kappa shape index (κ2) is 3.92. The summed E-state index contributed by atoms with van der Waals surface area (Å²) >= 11 is 0. The van der Waals surface area contributed by atoms with Gasteiger partial charge >= 0.3 is 0 Å². The first-order valence-corrected chi connectivity index (χ1v) is 7.14. The molecule has 0 atom stereocenters. The van der Waals surface area contributed by atoms with E-state index < -0.39 is 0 Å². The summed E-state index contributed by atoms with van der Waals surface area (Å²) in [5.74, 6) is 0. The van der Waals surface area contributed by atoms with E-state index in [0.717, 1.165) is 11.9 Å². The van der Waals surface area contributed by atoms with Crippen molar-refractivity contribution < 1.29 is 0 Å². The highest BCUT2D eigenvalue weighted by atomic mass is 14.7. The molecule has 1 heteroatoms. The molecule has 0 saturated heterocycles. The Morgan fingerprint density at radius 1 is 0.950 bits per heavy atom. The van der Waals surface area contributed by atoms with Crippen LogP contribution in [0.5, 0.6) is 0 Å². The maximum absolute atomic E-state index is 4.92. The van der Waals surface area contributed by atoms with E-state index in [-0.39, 0.29) is 5.41 Å². The fourth-order valence-electron chi connectivity index (χ4n) is 3.38. The molecule has 0 amide bonds. The van der Waals surface area contributed by atoms with Gasteiger partial charge in [-0.15, -0.1) is 0 Å². The van der Waals surface area contributed by atoms with Crippen LogP contribution in [0.3, 0.4) is 0 Å². The first-order valence-electron chi connectivity index (χ1n) is 7.14. The highest BCUT2D eigenvalue weighted by molar-refractivity contribution is 5.85. The monoisotopic (exact) mass is 259 g/mol. The molecule has 20 heavy (non-hydrogen) atoms. The molecule has 3 aromatic rings. The maximum atomic E-state index is 4.92. The molecule has 0 bridgehead atoms. The number of para-hydroxylation sites is 1. The van der Waals surface area contributed by atoms with Gasteiger partial charge in [0.2, 0.25) is 0 Å². The quantitative estimate of drug-likeness (QED) is 0.568. The molecular formula is C19H17N. The van der Waals surface area contributed by atoms with Gasteiger partial charge in [-0.3, -0.25) is 0 Å². The van der Waals surface area contributed by atoms with Crippen LogP contribution in [0.15, 0.2) is 54.6 Å². The minimum absolute atomic E-state index is 0.174. The smallest absolute Gasteiger partial charge is 0.0744 e. The topological polar surface area (TPSA) is 12.9 Å². The van der Waals surface area contributed by atoms with E-state index in [2.05, 4.69) is 68.4 Å². The van der Waals surface area contributed by atoms with E-state index in [0.29, 0.717) is 0 Å². The van der Waals surface area contributed by atoms with Crippen LogP contribution in [0.2, 0.25) is 0 Å². The molecular weight excluding hydrogens is 242 g/mol. The van der Waals surface area contributed by atoms with E-state index in [1.165, 1.54) is 27.8 Å². The summed E-state index contributed by atoms with van der Waals surface area (Å²) in [4.78, 5) is 4.92. The minimum atomic E-state index is 0.174. The van der Waals surface area contributed by atoms with Crippen molar-refractivity contribution >= 4 is 10.9 Å². The van der Waals surface area contributed by atoms with E-state index in [1.54, 1.807) is 0 Å². The summed E-state index contributed by atoms with van der Waals surface area (Å²) in [6.45, 7) is 4.65. The fourth-order valence-corrected chi connectivity index (χ4v) is 3.38. The Bertz CT molecular complexity index is 815. The summed E-state index contributed by atoms with van der Waals surface area (Å²) < 4.78 is 0. The lowest BCUT2D eigenvalue weighted by Crippen LogP contribution is -2.26. The molecule has 0 saturated carbocycles. The largest absolute Gasteiger partial charge is 0.247 e. The fraction of sp³-hybridized carbons (Fsp3) is 0.211. The van der Waals surface area contributed by atoms with E-state index in [1.807, 2.05) is 0 Å². The van der Waals surface area contributed by atoms with E-state index in [9.17, 15) is 0 Å². The molecule has 0 fully saturated rings. The number of fused-ring (bicyclic) bond motifs is 4. The lowest BCUT2D eigenvalue weighted by molar-refractivity contribution is 0.516. The van der Waals surface area contributed by atoms with Crippen LogP contribution < -0.4 is 0 Å². The van der Waals surface area contributed by atoms with Crippen molar-refractivity contribution in [2.45, 2.75) is 25.7 Å². The van der Waals surface area contributed by atoms with Crippen LogP contribution in [-0.4, -0.2) is 4.98 Å². The van der Waals surface area contributed by atoms with Crippen molar-refractivity contribution in [3.63, 3.8) is 0 Å². The van der Waals surface area contributed by atoms with Gasteiger partial charge in [0.15, 0.2) is 0 Å². The predicted octanol–water partition coefficient (Wildman–Crippen LogP) is 4.74. The van der Waals surface area contributed by atoms with Crippen molar-refractivity contribution in [3.8, 4) is 11.3 Å². The van der Waals surface area contributed by atoms with E-state index >= 15 is 0 Å². The Balaban J connectivity index is 2.08. The summed E-state index contributed by atoms with van der Waals surface area (Å²) in [6, 6.07) is 19.4. The summed E-state index contributed by atoms with van der Waals surface area (Å²) in [7, 11) is 0. The minimum Gasteiger partial charge on any atom is -0.247 e. The number of hydrogen-bond donors (Lipinski definition) is 0. The van der Waals surface area contributed by atoms with Crippen LogP contribution in [0.25, 0.3) is 22.2 Å². The van der Waals surface area contributed by atoms with Crippen LogP contribution in [0.1, 0.15) is 25.0 Å². The number of nitrogens with zero attached hydrogens (tertiary/aromatic N) is 1. The molecule has 1 heterocycles. The Morgan fingerprint density at radius 3 is 2.60 bits per heavy atom. The number of hydrogen-bond acceptors (Lipinski definition) is 1. The molecule has 0 aliphatic heterocycles. The van der Waals surface area contributed by atoms with Crippen molar-refractivity contribution in [2.75, 3.05) is 0 Å². The number of pyridine rings is 1. The zero-order valence-electron chi connectivity index (χ0n) is 11.9. The van der Waals surface area contributed by atoms with Crippen LogP contribution in [0.4, 0.5) is 0 Å². The van der Waals surface area contributed by atoms with Gasteiger partial charge in [0.05, 0.1) is 11.2 Å². The highest BCUT2D eigenvalue weighted by Crippen LogP contribution is 2.42. The Morgan fingerprint density at radius 2 is 1.70 bits per heavy atom. The predicted molar refractivity (Wildman–Crippen MR) is 83.9 cm³/mol. The molecule has 0 unspecified atom stereocenters. The maximum Gasteiger partial charge on any atom is 0.0744 e. The van der Waals surface area contributed by atoms with Gasteiger partial charge in [-0.1, -0.05) is 56.3 Å². The van der Waals surface area contributed by atoms with Gasteiger partial charge in [-0.2, -0.15) is 0 Å². The molecule has 1 aromatic heterocycles. The Hall–Kier alpha value is -2.15. The normalized spacial score (nSPS) is 15.7. The molecule has 4 rings (SSSR count). The summed E-state index contributed by atoms with van der Waals surface area (Å²) in [6.07, 6.45) is 1.05. The van der Waals surface area contributed by atoms with Crippen molar-refractivity contribution in [1.29, 1.82) is 0 Å². The number of benzene rings is 2.